The fraction of sp³-hybridized carbons (Fsp3) is 0.571. The number of amides is 1. The molecule has 0 aromatic carbocycles. The summed E-state index contributed by atoms with van der Waals surface area (Å²) in [5.41, 5.74) is 5.30. The molecule has 0 unspecified atom stereocenters. The third-order valence-electron chi connectivity index (χ3n) is 6.93. The molecule has 1 saturated carbocycles. The summed E-state index contributed by atoms with van der Waals surface area (Å²) in [6.45, 7) is 19.7. The average molecular weight is 479 g/mol. The molecule has 1 aliphatic carbocycles. The number of hydrogen-bond donors (Lipinski definition) is 2. The van der Waals surface area contributed by atoms with Crippen LogP contribution in [0.1, 0.15) is 85.4 Å². The van der Waals surface area contributed by atoms with Gasteiger partial charge in [0.2, 0.25) is 0 Å². The number of hydrogen-bond acceptors (Lipinski definition) is 6. The number of carbonyl (C=O) groups is 1. The van der Waals surface area contributed by atoms with E-state index in [9.17, 15) is 4.79 Å². The molecule has 1 fully saturated rings. The van der Waals surface area contributed by atoms with Crippen LogP contribution in [-0.4, -0.2) is 45.1 Å². The Hall–Kier alpha value is -2.96. The SMILES string of the molecule is C=C(C)/C(C(C(=O)N1CCc2c(ncnc2NC(CC)CC)C1)=C(C)C)=C(\N=CC)NC1(C)CC1. The van der Waals surface area contributed by atoms with Crippen molar-refractivity contribution in [2.24, 2.45) is 4.99 Å². The molecule has 2 heterocycles. The number of fused-ring (bicyclic) bond motifs is 1. The summed E-state index contributed by atoms with van der Waals surface area (Å²) in [5, 5.41) is 7.16. The lowest BCUT2D eigenvalue weighted by Crippen LogP contribution is -2.39. The molecule has 1 aromatic heterocycles. The molecule has 0 atom stereocenters. The fourth-order valence-electron chi connectivity index (χ4n) is 4.49. The second-order valence-corrected chi connectivity index (χ2v) is 10.2. The highest BCUT2D eigenvalue weighted by atomic mass is 16.2. The van der Waals surface area contributed by atoms with Gasteiger partial charge in [-0.05, 0) is 72.3 Å². The van der Waals surface area contributed by atoms with Crippen molar-refractivity contribution in [3.05, 3.63) is 52.3 Å². The zero-order chi connectivity index (χ0) is 25.8. The Morgan fingerprint density at radius 2 is 1.91 bits per heavy atom. The van der Waals surface area contributed by atoms with Crippen LogP contribution in [0.25, 0.3) is 0 Å². The second-order valence-electron chi connectivity index (χ2n) is 10.2. The Kier molecular flexibility index (Phi) is 8.51. The van der Waals surface area contributed by atoms with Crippen LogP contribution in [0.15, 0.2) is 46.0 Å². The number of nitrogens with zero attached hydrogens (tertiary/aromatic N) is 4. The van der Waals surface area contributed by atoms with E-state index in [0.29, 0.717) is 24.7 Å². The predicted molar refractivity (Wildman–Crippen MR) is 144 cm³/mol. The van der Waals surface area contributed by atoms with Gasteiger partial charge in [0, 0.05) is 41.0 Å². The van der Waals surface area contributed by atoms with E-state index >= 15 is 0 Å². The van der Waals surface area contributed by atoms with Gasteiger partial charge in [0.1, 0.15) is 18.0 Å². The Bertz CT molecular complexity index is 1060. The van der Waals surface area contributed by atoms with E-state index in [4.69, 9.17) is 0 Å². The standard InChI is InChI=1S/C28H42N6O/c1-9-20(10-2)32-25-21-12-15-34(16-22(21)30-17-31-25)27(35)24(19(6)7)23(18(4)5)26(29-11-3)33-28(8)13-14-28/h11,17,20,33H,4,9-10,12-16H2,1-3,5-8H3,(H,30,31,32)/b26-23-,29-11?. The van der Waals surface area contributed by atoms with Gasteiger partial charge < -0.3 is 15.5 Å². The maximum atomic E-state index is 14.0. The Labute approximate surface area is 210 Å². The van der Waals surface area contributed by atoms with Crippen LogP contribution in [0.3, 0.4) is 0 Å². The Balaban J connectivity index is 1.94. The molecule has 35 heavy (non-hydrogen) atoms. The van der Waals surface area contributed by atoms with Gasteiger partial charge >= 0.3 is 0 Å². The van der Waals surface area contributed by atoms with E-state index < -0.39 is 0 Å². The molecule has 2 aliphatic rings. The highest BCUT2D eigenvalue weighted by molar-refractivity contribution is 6.00. The van der Waals surface area contributed by atoms with Gasteiger partial charge in [0.25, 0.3) is 5.91 Å². The van der Waals surface area contributed by atoms with Gasteiger partial charge in [-0.2, -0.15) is 0 Å². The van der Waals surface area contributed by atoms with Gasteiger partial charge in [-0.3, -0.25) is 4.79 Å². The zero-order valence-corrected chi connectivity index (χ0v) is 22.6. The molecule has 0 spiro atoms. The van der Waals surface area contributed by atoms with Crippen molar-refractivity contribution in [2.75, 3.05) is 11.9 Å². The minimum absolute atomic E-state index is 0.00619. The largest absolute Gasteiger partial charge is 0.367 e. The van der Waals surface area contributed by atoms with Crippen molar-refractivity contribution < 1.29 is 4.79 Å². The molecule has 1 aromatic rings. The minimum atomic E-state index is -0.00619. The third kappa shape index (κ3) is 6.19. The average Bonchev–Trinajstić information content (AvgIpc) is 3.55. The zero-order valence-electron chi connectivity index (χ0n) is 22.6. The summed E-state index contributed by atoms with van der Waals surface area (Å²) in [4.78, 5) is 29.6. The molecular weight excluding hydrogens is 436 g/mol. The first-order valence-corrected chi connectivity index (χ1v) is 12.9. The van der Waals surface area contributed by atoms with Crippen LogP contribution in [0, 0.1) is 0 Å². The Morgan fingerprint density at radius 1 is 1.23 bits per heavy atom. The first-order chi connectivity index (χ1) is 16.6. The highest BCUT2D eigenvalue weighted by Gasteiger charge is 2.39. The van der Waals surface area contributed by atoms with Crippen LogP contribution >= 0.6 is 0 Å². The molecular formula is C28H42N6O. The topological polar surface area (TPSA) is 82.5 Å². The second kappa shape index (κ2) is 11.2. The summed E-state index contributed by atoms with van der Waals surface area (Å²) in [6.07, 6.45) is 8.35. The van der Waals surface area contributed by atoms with Crippen molar-refractivity contribution in [1.29, 1.82) is 0 Å². The van der Waals surface area contributed by atoms with E-state index in [1.807, 2.05) is 32.6 Å². The maximum absolute atomic E-state index is 14.0. The van der Waals surface area contributed by atoms with E-state index in [0.717, 1.165) is 71.7 Å². The van der Waals surface area contributed by atoms with Gasteiger partial charge in [-0.15, -0.1) is 0 Å². The molecule has 0 bridgehead atoms. The molecule has 3 rings (SSSR count). The Morgan fingerprint density at radius 3 is 2.46 bits per heavy atom. The molecule has 2 N–H and O–H groups in total. The number of nitrogens with one attached hydrogen (secondary N) is 2. The van der Waals surface area contributed by atoms with Crippen molar-refractivity contribution >= 4 is 17.9 Å². The summed E-state index contributed by atoms with van der Waals surface area (Å²) >= 11 is 0. The summed E-state index contributed by atoms with van der Waals surface area (Å²) in [5.74, 6) is 1.62. The summed E-state index contributed by atoms with van der Waals surface area (Å²) < 4.78 is 0. The van der Waals surface area contributed by atoms with Crippen molar-refractivity contribution in [3.63, 3.8) is 0 Å². The molecule has 1 amide bonds. The van der Waals surface area contributed by atoms with E-state index in [-0.39, 0.29) is 11.4 Å². The molecule has 190 valence electrons. The number of anilines is 1. The lowest BCUT2D eigenvalue weighted by atomic mass is 9.93. The van der Waals surface area contributed by atoms with Gasteiger partial charge in [-0.25, -0.2) is 15.0 Å². The monoisotopic (exact) mass is 478 g/mol. The molecule has 0 saturated heterocycles. The quantitative estimate of drug-likeness (QED) is 0.270. The number of aromatic nitrogens is 2. The number of aliphatic imine (C=N–C) groups is 1. The highest BCUT2D eigenvalue weighted by Crippen LogP contribution is 2.37. The van der Waals surface area contributed by atoms with Crippen LogP contribution in [-0.2, 0) is 17.8 Å². The van der Waals surface area contributed by atoms with Crippen LogP contribution in [0.5, 0.6) is 0 Å². The number of carbonyl (C=O) groups excluding carboxylic acids is 1. The molecule has 0 radical (unpaired) electrons. The first-order valence-electron chi connectivity index (χ1n) is 12.9. The van der Waals surface area contributed by atoms with Crippen LogP contribution in [0.2, 0.25) is 0 Å². The van der Waals surface area contributed by atoms with Crippen LogP contribution < -0.4 is 10.6 Å². The summed E-state index contributed by atoms with van der Waals surface area (Å²) in [6, 6.07) is 0.382. The van der Waals surface area contributed by atoms with Crippen molar-refractivity contribution in [1.82, 2.24) is 20.2 Å². The third-order valence-corrected chi connectivity index (χ3v) is 6.93. The van der Waals surface area contributed by atoms with E-state index in [1.54, 1.807) is 12.5 Å². The van der Waals surface area contributed by atoms with E-state index in [1.165, 1.54) is 0 Å². The van der Waals surface area contributed by atoms with Crippen molar-refractivity contribution in [2.45, 2.75) is 98.7 Å². The molecule has 7 heteroatoms. The predicted octanol–water partition coefficient (Wildman–Crippen LogP) is 5.32. The molecule has 7 nitrogen and oxygen atoms in total. The summed E-state index contributed by atoms with van der Waals surface area (Å²) in [7, 11) is 0. The smallest absolute Gasteiger partial charge is 0.254 e. The number of allylic oxidation sites excluding steroid dienone is 2. The van der Waals surface area contributed by atoms with Gasteiger partial charge in [0.15, 0.2) is 0 Å². The number of rotatable bonds is 10. The minimum Gasteiger partial charge on any atom is -0.367 e. The maximum Gasteiger partial charge on any atom is 0.254 e. The van der Waals surface area contributed by atoms with Gasteiger partial charge in [-0.1, -0.05) is 26.0 Å². The lowest BCUT2D eigenvalue weighted by Gasteiger charge is -2.31. The van der Waals surface area contributed by atoms with Crippen molar-refractivity contribution in [3.8, 4) is 0 Å². The lowest BCUT2D eigenvalue weighted by molar-refractivity contribution is -0.127. The fourth-order valence-corrected chi connectivity index (χ4v) is 4.49. The first kappa shape index (κ1) is 26.6. The van der Waals surface area contributed by atoms with Crippen LogP contribution in [0.4, 0.5) is 5.82 Å². The normalized spacial score (nSPS) is 17.1. The molecule has 1 aliphatic heterocycles. The van der Waals surface area contributed by atoms with Gasteiger partial charge in [0.05, 0.1) is 12.2 Å². The van der Waals surface area contributed by atoms with E-state index in [2.05, 4.69) is 52.9 Å².